The highest BCUT2D eigenvalue weighted by Crippen LogP contribution is 2.37. The standard InChI is InChI=1S/C23H21N5O/c1-29-20-13-11-19(12-14-20)22-15-21(24-23-25-26-27-28(22)23)18-9-7-17(8-10-18)16-5-3-2-4-6-16/h2-14,21-22H,15H2,1H3,(H,24,25,27)/t21-,22+/m0/s1. The van der Waals surface area contributed by atoms with Crippen LogP contribution in [-0.4, -0.2) is 27.3 Å². The van der Waals surface area contributed by atoms with Crippen LogP contribution in [0.4, 0.5) is 5.95 Å². The van der Waals surface area contributed by atoms with Gasteiger partial charge in [0.05, 0.1) is 19.2 Å². The second-order valence-electron chi connectivity index (χ2n) is 7.16. The van der Waals surface area contributed by atoms with Gasteiger partial charge in [0.15, 0.2) is 0 Å². The molecule has 1 aliphatic rings. The fraction of sp³-hybridized carbons (Fsp3) is 0.174. The van der Waals surface area contributed by atoms with Gasteiger partial charge >= 0.3 is 0 Å². The number of benzene rings is 3. The van der Waals surface area contributed by atoms with Crippen molar-refractivity contribution in [3.05, 3.63) is 90.0 Å². The lowest BCUT2D eigenvalue weighted by Gasteiger charge is -2.31. The first-order valence-electron chi connectivity index (χ1n) is 9.65. The summed E-state index contributed by atoms with van der Waals surface area (Å²) < 4.78 is 7.15. The Morgan fingerprint density at radius 1 is 0.862 bits per heavy atom. The molecule has 0 spiro atoms. The molecule has 0 fully saturated rings. The molecule has 6 heteroatoms. The molecule has 0 radical (unpaired) electrons. The number of rotatable bonds is 4. The van der Waals surface area contributed by atoms with Crippen molar-refractivity contribution in [2.45, 2.75) is 18.5 Å². The van der Waals surface area contributed by atoms with Gasteiger partial charge in [0.25, 0.3) is 0 Å². The first-order chi connectivity index (χ1) is 14.3. The Labute approximate surface area is 169 Å². The first kappa shape index (κ1) is 17.4. The van der Waals surface area contributed by atoms with Crippen LogP contribution >= 0.6 is 0 Å². The summed E-state index contributed by atoms with van der Waals surface area (Å²) in [5, 5.41) is 15.7. The van der Waals surface area contributed by atoms with Crippen LogP contribution in [0.2, 0.25) is 0 Å². The normalized spacial score (nSPS) is 18.0. The Morgan fingerprint density at radius 2 is 1.55 bits per heavy atom. The Kier molecular flexibility index (Phi) is 4.44. The molecule has 6 nitrogen and oxygen atoms in total. The fourth-order valence-electron chi connectivity index (χ4n) is 3.90. The van der Waals surface area contributed by atoms with E-state index >= 15 is 0 Å². The third-order valence-electron chi connectivity index (χ3n) is 5.47. The van der Waals surface area contributed by atoms with Gasteiger partial charge < -0.3 is 10.1 Å². The topological polar surface area (TPSA) is 64.9 Å². The van der Waals surface area contributed by atoms with Gasteiger partial charge in [-0.1, -0.05) is 71.8 Å². The van der Waals surface area contributed by atoms with Crippen LogP contribution in [0.25, 0.3) is 11.1 Å². The van der Waals surface area contributed by atoms with E-state index in [-0.39, 0.29) is 12.1 Å². The van der Waals surface area contributed by atoms with Crippen LogP contribution in [0.3, 0.4) is 0 Å². The molecule has 0 unspecified atom stereocenters. The molecule has 1 aromatic heterocycles. The summed E-state index contributed by atoms with van der Waals surface area (Å²) >= 11 is 0. The van der Waals surface area contributed by atoms with Crippen LogP contribution < -0.4 is 10.1 Å². The van der Waals surface area contributed by atoms with E-state index < -0.39 is 0 Å². The number of ether oxygens (including phenoxy) is 1. The molecule has 0 amide bonds. The van der Waals surface area contributed by atoms with Crippen molar-refractivity contribution < 1.29 is 4.74 Å². The maximum Gasteiger partial charge on any atom is 0.243 e. The van der Waals surface area contributed by atoms with Crippen LogP contribution in [0.15, 0.2) is 78.9 Å². The number of hydrogen-bond acceptors (Lipinski definition) is 5. The van der Waals surface area contributed by atoms with Crippen molar-refractivity contribution in [1.29, 1.82) is 0 Å². The number of hydrogen-bond donors (Lipinski definition) is 1. The molecular weight excluding hydrogens is 362 g/mol. The van der Waals surface area contributed by atoms with Crippen molar-refractivity contribution in [2.24, 2.45) is 0 Å². The van der Waals surface area contributed by atoms with Gasteiger partial charge in [-0.05, 0) is 51.2 Å². The molecule has 2 atom stereocenters. The number of aromatic nitrogens is 4. The minimum absolute atomic E-state index is 0.0611. The average molecular weight is 383 g/mol. The van der Waals surface area contributed by atoms with E-state index in [0.717, 1.165) is 17.7 Å². The van der Waals surface area contributed by atoms with E-state index in [0.29, 0.717) is 5.95 Å². The fourth-order valence-corrected chi connectivity index (χ4v) is 3.90. The number of tetrazole rings is 1. The highest BCUT2D eigenvalue weighted by Gasteiger charge is 2.30. The summed E-state index contributed by atoms with van der Waals surface area (Å²) in [7, 11) is 1.67. The monoisotopic (exact) mass is 383 g/mol. The summed E-state index contributed by atoms with van der Waals surface area (Å²) in [5.74, 6) is 1.53. The maximum atomic E-state index is 5.29. The van der Waals surface area contributed by atoms with Gasteiger partial charge in [-0.3, -0.25) is 0 Å². The largest absolute Gasteiger partial charge is 0.497 e. The van der Waals surface area contributed by atoms with E-state index in [1.54, 1.807) is 7.11 Å². The van der Waals surface area contributed by atoms with Gasteiger partial charge in [-0.15, -0.1) is 0 Å². The Balaban J connectivity index is 1.44. The summed E-state index contributed by atoms with van der Waals surface area (Å²) in [6.45, 7) is 0. The quantitative estimate of drug-likeness (QED) is 0.562. The zero-order chi connectivity index (χ0) is 19.6. The molecule has 2 heterocycles. The third-order valence-corrected chi connectivity index (χ3v) is 5.47. The first-order valence-corrected chi connectivity index (χ1v) is 9.65. The number of fused-ring (bicyclic) bond motifs is 1. The highest BCUT2D eigenvalue weighted by atomic mass is 16.5. The van der Waals surface area contributed by atoms with Crippen molar-refractivity contribution in [2.75, 3.05) is 12.4 Å². The Hall–Kier alpha value is -3.67. The predicted molar refractivity (Wildman–Crippen MR) is 112 cm³/mol. The lowest BCUT2D eigenvalue weighted by Crippen LogP contribution is -2.28. The van der Waals surface area contributed by atoms with Crippen molar-refractivity contribution >= 4 is 5.95 Å². The van der Waals surface area contributed by atoms with E-state index in [1.165, 1.54) is 16.7 Å². The van der Waals surface area contributed by atoms with E-state index in [9.17, 15) is 0 Å². The zero-order valence-electron chi connectivity index (χ0n) is 16.1. The van der Waals surface area contributed by atoms with Gasteiger partial charge in [0.1, 0.15) is 5.75 Å². The number of anilines is 1. The average Bonchev–Trinajstić information content (AvgIpc) is 3.28. The molecule has 1 aliphatic heterocycles. The van der Waals surface area contributed by atoms with E-state index in [2.05, 4.69) is 81.5 Å². The summed E-state index contributed by atoms with van der Waals surface area (Å²) in [4.78, 5) is 0. The van der Waals surface area contributed by atoms with Crippen LogP contribution in [0.1, 0.15) is 29.6 Å². The molecule has 3 aromatic carbocycles. The van der Waals surface area contributed by atoms with E-state index in [1.807, 2.05) is 22.9 Å². The molecule has 29 heavy (non-hydrogen) atoms. The molecule has 0 bridgehead atoms. The highest BCUT2D eigenvalue weighted by molar-refractivity contribution is 5.63. The van der Waals surface area contributed by atoms with Gasteiger partial charge in [-0.25, -0.2) is 4.68 Å². The molecule has 0 aliphatic carbocycles. The van der Waals surface area contributed by atoms with Crippen LogP contribution in [-0.2, 0) is 0 Å². The van der Waals surface area contributed by atoms with Gasteiger partial charge in [0.2, 0.25) is 5.95 Å². The zero-order valence-corrected chi connectivity index (χ0v) is 16.1. The number of methoxy groups -OCH3 is 1. The summed E-state index contributed by atoms with van der Waals surface area (Å²) in [6.07, 6.45) is 0.856. The molecule has 1 N–H and O–H groups in total. The van der Waals surface area contributed by atoms with Gasteiger partial charge in [-0.2, -0.15) is 0 Å². The van der Waals surface area contributed by atoms with Crippen LogP contribution in [0.5, 0.6) is 5.75 Å². The van der Waals surface area contributed by atoms with Crippen molar-refractivity contribution in [1.82, 2.24) is 20.2 Å². The summed E-state index contributed by atoms with van der Waals surface area (Å²) in [6, 6.07) is 27.4. The SMILES string of the molecule is COc1ccc([C@H]2C[C@@H](c3ccc(-c4ccccc4)cc3)Nc3nnnn32)cc1. The Morgan fingerprint density at radius 3 is 2.28 bits per heavy atom. The van der Waals surface area contributed by atoms with Crippen molar-refractivity contribution in [3.8, 4) is 16.9 Å². The van der Waals surface area contributed by atoms with E-state index in [4.69, 9.17) is 4.74 Å². The molecule has 0 saturated heterocycles. The second-order valence-corrected chi connectivity index (χ2v) is 7.16. The van der Waals surface area contributed by atoms with Crippen molar-refractivity contribution in [3.63, 3.8) is 0 Å². The second kappa shape index (κ2) is 7.39. The third kappa shape index (κ3) is 3.33. The molecule has 144 valence electrons. The Bertz CT molecular complexity index is 1090. The van der Waals surface area contributed by atoms with Gasteiger partial charge in [0, 0.05) is 0 Å². The molecule has 0 saturated carbocycles. The number of nitrogens with zero attached hydrogens (tertiary/aromatic N) is 4. The minimum Gasteiger partial charge on any atom is -0.497 e. The lowest BCUT2D eigenvalue weighted by molar-refractivity contribution is 0.410. The molecule has 4 aromatic rings. The molecular formula is C23H21N5O. The summed E-state index contributed by atoms with van der Waals surface area (Å²) in [5.41, 5.74) is 4.81. The predicted octanol–water partition coefficient (Wildman–Crippen LogP) is 4.50. The smallest absolute Gasteiger partial charge is 0.243 e. The lowest BCUT2D eigenvalue weighted by atomic mass is 9.92. The molecule has 5 rings (SSSR count). The van der Waals surface area contributed by atoms with Crippen LogP contribution in [0, 0.1) is 0 Å². The minimum atomic E-state index is 0.0611. The number of nitrogens with one attached hydrogen (secondary N) is 1. The maximum absolute atomic E-state index is 5.29.